The van der Waals surface area contributed by atoms with Gasteiger partial charge in [0.2, 0.25) is 0 Å². The van der Waals surface area contributed by atoms with Crippen molar-refractivity contribution in [3.63, 3.8) is 0 Å². The van der Waals surface area contributed by atoms with Gasteiger partial charge in [0.05, 0.1) is 17.8 Å². The van der Waals surface area contributed by atoms with Crippen molar-refractivity contribution in [3.05, 3.63) is 70.5 Å². The maximum atomic E-state index is 13.3. The SMILES string of the molecule is Cc1c(Cl)cccc1NCc1cccc2cncc(C(=O)N3CC4CC(C3)O4)c12. The first-order valence-corrected chi connectivity index (χ1v) is 10.3. The van der Waals surface area contributed by atoms with Crippen LogP contribution in [0.25, 0.3) is 10.8 Å². The Bertz CT molecular complexity index is 1080. The summed E-state index contributed by atoms with van der Waals surface area (Å²) in [6.45, 7) is 3.91. The van der Waals surface area contributed by atoms with Crippen molar-refractivity contribution in [1.29, 1.82) is 0 Å². The second-order valence-corrected chi connectivity index (χ2v) is 8.20. The first-order valence-electron chi connectivity index (χ1n) is 9.89. The fourth-order valence-corrected chi connectivity index (χ4v) is 4.48. The summed E-state index contributed by atoms with van der Waals surface area (Å²) in [6.07, 6.45) is 4.95. The smallest absolute Gasteiger partial charge is 0.256 e. The number of pyridine rings is 1. The molecule has 1 aromatic heterocycles. The summed E-state index contributed by atoms with van der Waals surface area (Å²) >= 11 is 6.25. The van der Waals surface area contributed by atoms with E-state index in [1.165, 1.54) is 0 Å². The van der Waals surface area contributed by atoms with E-state index in [1.807, 2.05) is 48.4 Å². The van der Waals surface area contributed by atoms with E-state index in [-0.39, 0.29) is 18.1 Å². The molecule has 4 heterocycles. The third-order valence-corrected chi connectivity index (χ3v) is 6.29. The van der Waals surface area contributed by atoms with Crippen LogP contribution >= 0.6 is 11.6 Å². The summed E-state index contributed by atoms with van der Waals surface area (Å²) in [5, 5.41) is 6.13. The average molecular weight is 408 g/mol. The molecule has 0 saturated carbocycles. The number of amides is 1. The zero-order valence-electron chi connectivity index (χ0n) is 16.2. The minimum atomic E-state index is 0.0347. The number of morpholine rings is 1. The molecular weight excluding hydrogens is 386 g/mol. The Labute approximate surface area is 174 Å². The van der Waals surface area contributed by atoms with Crippen molar-refractivity contribution in [2.45, 2.75) is 32.1 Å². The first kappa shape index (κ1) is 18.4. The Morgan fingerprint density at radius 1 is 1.21 bits per heavy atom. The molecule has 2 bridgehead atoms. The minimum Gasteiger partial charge on any atom is -0.381 e. The number of piperidine rings is 1. The number of ether oxygens (including phenoxy) is 1. The molecule has 1 amide bonds. The molecule has 3 aliphatic heterocycles. The highest BCUT2D eigenvalue weighted by atomic mass is 35.5. The van der Waals surface area contributed by atoms with Crippen molar-refractivity contribution >= 4 is 34.0 Å². The lowest BCUT2D eigenvalue weighted by atomic mass is 9.96. The Hall–Kier alpha value is -2.63. The van der Waals surface area contributed by atoms with Crippen LogP contribution in [-0.2, 0) is 11.3 Å². The average Bonchev–Trinajstić information content (AvgIpc) is 2.73. The van der Waals surface area contributed by atoms with Gasteiger partial charge in [-0.1, -0.05) is 35.9 Å². The zero-order chi connectivity index (χ0) is 20.0. The van der Waals surface area contributed by atoms with Crippen LogP contribution in [-0.4, -0.2) is 41.1 Å². The van der Waals surface area contributed by atoms with Crippen LogP contribution in [0.15, 0.2) is 48.8 Å². The van der Waals surface area contributed by atoms with Crippen LogP contribution in [0.2, 0.25) is 5.02 Å². The van der Waals surface area contributed by atoms with Gasteiger partial charge in [-0.25, -0.2) is 0 Å². The predicted molar refractivity (Wildman–Crippen MR) is 114 cm³/mol. The van der Waals surface area contributed by atoms with E-state index < -0.39 is 0 Å². The van der Waals surface area contributed by atoms with Gasteiger partial charge in [0, 0.05) is 59.9 Å². The number of carbonyl (C=O) groups excluding carboxylic acids is 1. The van der Waals surface area contributed by atoms with Crippen molar-refractivity contribution in [2.75, 3.05) is 18.4 Å². The highest BCUT2D eigenvalue weighted by molar-refractivity contribution is 6.31. The predicted octanol–water partition coefficient (Wildman–Crippen LogP) is 4.42. The number of fused-ring (bicyclic) bond motifs is 3. The maximum absolute atomic E-state index is 13.3. The van der Waals surface area contributed by atoms with Crippen molar-refractivity contribution < 1.29 is 9.53 Å². The summed E-state index contributed by atoms with van der Waals surface area (Å²) < 4.78 is 5.68. The van der Waals surface area contributed by atoms with E-state index >= 15 is 0 Å². The molecule has 3 aliphatic rings. The Balaban J connectivity index is 1.48. The van der Waals surface area contributed by atoms with Crippen LogP contribution in [0.3, 0.4) is 0 Å². The van der Waals surface area contributed by atoms with E-state index in [1.54, 1.807) is 6.20 Å². The van der Waals surface area contributed by atoms with Crippen LogP contribution in [0, 0.1) is 6.92 Å². The van der Waals surface area contributed by atoms with Crippen LogP contribution < -0.4 is 5.32 Å². The minimum absolute atomic E-state index is 0.0347. The highest BCUT2D eigenvalue weighted by Crippen LogP contribution is 2.31. The van der Waals surface area contributed by atoms with E-state index in [2.05, 4.69) is 16.4 Å². The Morgan fingerprint density at radius 2 is 1.97 bits per heavy atom. The molecule has 29 heavy (non-hydrogen) atoms. The molecule has 6 heteroatoms. The van der Waals surface area contributed by atoms with Gasteiger partial charge in [-0.2, -0.15) is 0 Å². The lowest BCUT2D eigenvalue weighted by molar-refractivity contribution is -0.171. The fraction of sp³-hybridized carbons (Fsp3) is 0.304. The van der Waals surface area contributed by atoms with Crippen molar-refractivity contribution in [1.82, 2.24) is 9.88 Å². The summed E-state index contributed by atoms with van der Waals surface area (Å²) in [5.41, 5.74) is 3.72. The van der Waals surface area contributed by atoms with E-state index in [4.69, 9.17) is 16.3 Å². The number of nitrogens with one attached hydrogen (secondary N) is 1. The van der Waals surface area contributed by atoms with Crippen molar-refractivity contribution in [2.24, 2.45) is 0 Å². The number of hydrogen-bond acceptors (Lipinski definition) is 4. The number of halogens is 1. The third-order valence-electron chi connectivity index (χ3n) is 5.88. The topological polar surface area (TPSA) is 54.5 Å². The summed E-state index contributed by atoms with van der Waals surface area (Å²) in [7, 11) is 0. The van der Waals surface area contributed by atoms with Gasteiger partial charge >= 0.3 is 0 Å². The summed E-state index contributed by atoms with van der Waals surface area (Å²) in [5.74, 6) is 0.0347. The monoisotopic (exact) mass is 407 g/mol. The fourth-order valence-electron chi connectivity index (χ4n) is 4.30. The standard InChI is InChI=1S/C23H22ClN3O2/c1-14-20(24)6-3-7-21(14)26-10-16-5-2-4-15-9-25-11-19(22(15)16)23(28)27-12-17-8-18(13-27)29-17/h2-7,9,11,17-18,26H,8,10,12-13H2,1H3. The van der Waals surface area contributed by atoms with E-state index in [9.17, 15) is 4.79 Å². The van der Waals surface area contributed by atoms with Gasteiger partial charge in [-0.05, 0) is 30.2 Å². The molecule has 0 radical (unpaired) electrons. The molecule has 2 aromatic carbocycles. The number of nitrogens with zero attached hydrogens (tertiary/aromatic N) is 2. The lowest BCUT2D eigenvalue weighted by Crippen LogP contribution is -2.58. The lowest BCUT2D eigenvalue weighted by Gasteiger charge is -2.47. The second kappa shape index (κ2) is 7.32. The van der Waals surface area contributed by atoms with Crippen molar-refractivity contribution in [3.8, 4) is 0 Å². The summed E-state index contributed by atoms with van der Waals surface area (Å²) in [4.78, 5) is 19.5. The van der Waals surface area contributed by atoms with E-state index in [0.29, 0.717) is 25.2 Å². The summed E-state index contributed by atoms with van der Waals surface area (Å²) in [6, 6.07) is 11.9. The molecule has 0 aliphatic carbocycles. The number of benzene rings is 2. The molecule has 148 valence electrons. The molecule has 0 spiro atoms. The van der Waals surface area contributed by atoms with Crippen LogP contribution in [0.1, 0.15) is 27.9 Å². The largest absolute Gasteiger partial charge is 0.381 e. The van der Waals surface area contributed by atoms with Gasteiger partial charge in [0.1, 0.15) is 0 Å². The second-order valence-electron chi connectivity index (χ2n) is 7.79. The maximum Gasteiger partial charge on any atom is 0.256 e. The molecule has 3 fully saturated rings. The van der Waals surface area contributed by atoms with Crippen LogP contribution in [0.5, 0.6) is 0 Å². The number of aromatic nitrogens is 1. The Morgan fingerprint density at radius 3 is 2.76 bits per heavy atom. The molecule has 2 atom stereocenters. The first-order chi connectivity index (χ1) is 14.1. The molecule has 3 aromatic rings. The van der Waals surface area contributed by atoms with Gasteiger partial charge in [0.15, 0.2) is 0 Å². The van der Waals surface area contributed by atoms with Gasteiger partial charge < -0.3 is 15.0 Å². The third kappa shape index (κ3) is 3.34. The van der Waals surface area contributed by atoms with E-state index in [0.717, 1.165) is 39.0 Å². The number of rotatable bonds is 4. The molecule has 5 nitrogen and oxygen atoms in total. The molecule has 3 saturated heterocycles. The molecule has 1 N–H and O–H groups in total. The normalized spacial score (nSPS) is 20.4. The van der Waals surface area contributed by atoms with Gasteiger partial charge in [-0.15, -0.1) is 0 Å². The van der Waals surface area contributed by atoms with Crippen LogP contribution in [0.4, 0.5) is 5.69 Å². The molecule has 6 rings (SSSR count). The Kier molecular flexibility index (Phi) is 4.64. The highest BCUT2D eigenvalue weighted by Gasteiger charge is 2.40. The molecule has 2 unspecified atom stereocenters. The van der Waals surface area contributed by atoms with Gasteiger partial charge in [0.25, 0.3) is 5.91 Å². The molecular formula is C23H22ClN3O2. The van der Waals surface area contributed by atoms with Gasteiger partial charge in [-0.3, -0.25) is 9.78 Å². The zero-order valence-corrected chi connectivity index (χ0v) is 16.9. The number of anilines is 1. The number of carbonyl (C=O) groups is 1. The number of hydrogen-bond donors (Lipinski definition) is 1. The quantitative estimate of drug-likeness (QED) is 0.695.